The molecule has 0 saturated carbocycles. The van der Waals surface area contributed by atoms with Crippen molar-refractivity contribution in [2.24, 2.45) is 5.73 Å². The Hall–Kier alpha value is -2.13. The fraction of sp³-hybridized carbons (Fsp3) is 0.467. The van der Waals surface area contributed by atoms with Crippen molar-refractivity contribution in [3.63, 3.8) is 0 Å². The van der Waals surface area contributed by atoms with Crippen LogP contribution in [0, 0.1) is 0 Å². The first-order valence-electron chi connectivity index (χ1n) is 7.44. The number of nitrogens with zero attached hydrogens (tertiary/aromatic N) is 2. The molecule has 24 heavy (non-hydrogen) atoms. The van der Waals surface area contributed by atoms with Crippen LogP contribution in [-0.4, -0.2) is 60.9 Å². The van der Waals surface area contributed by atoms with E-state index in [0.717, 1.165) is 12.1 Å². The van der Waals surface area contributed by atoms with Crippen LogP contribution in [0.4, 0.5) is 18.9 Å². The van der Waals surface area contributed by atoms with Crippen LogP contribution in [0.15, 0.2) is 24.3 Å². The second-order valence-electron chi connectivity index (χ2n) is 5.65. The predicted molar refractivity (Wildman–Crippen MR) is 82.1 cm³/mol. The third kappa shape index (κ3) is 5.50. The number of rotatable bonds is 5. The SMILES string of the molecule is NC(=O)CN1CCN(CC(=O)Nc2cccc(C(F)(F)F)c2)CC1. The van der Waals surface area contributed by atoms with Crippen LogP contribution in [-0.2, 0) is 15.8 Å². The Balaban J connectivity index is 1.83. The molecule has 6 nitrogen and oxygen atoms in total. The Bertz CT molecular complexity index is 599. The van der Waals surface area contributed by atoms with Gasteiger partial charge in [-0.25, -0.2) is 0 Å². The van der Waals surface area contributed by atoms with E-state index in [9.17, 15) is 22.8 Å². The highest BCUT2D eigenvalue weighted by molar-refractivity contribution is 5.92. The number of nitrogens with one attached hydrogen (secondary N) is 1. The lowest BCUT2D eigenvalue weighted by Gasteiger charge is -2.33. The van der Waals surface area contributed by atoms with E-state index in [0.29, 0.717) is 26.2 Å². The summed E-state index contributed by atoms with van der Waals surface area (Å²) in [4.78, 5) is 26.6. The number of piperazine rings is 1. The van der Waals surface area contributed by atoms with Gasteiger partial charge >= 0.3 is 6.18 Å². The Morgan fingerprint density at radius 1 is 1.08 bits per heavy atom. The number of carbonyl (C=O) groups excluding carboxylic acids is 2. The summed E-state index contributed by atoms with van der Waals surface area (Å²) in [6.45, 7) is 2.66. The third-order valence-corrected chi connectivity index (χ3v) is 3.69. The lowest BCUT2D eigenvalue weighted by Crippen LogP contribution is -2.50. The number of alkyl halides is 3. The van der Waals surface area contributed by atoms with E-state index < -0.39 is 17.6 Å². The van der Waals surface area contributed by atoms with E-state index in [1.54, 1.807) is 0 Å². The highest BCUT2D eigenvalue weighted by Gasteiger charge is 2.30. The molecule has 0 atom stereocenters. The molecule has 1 fully saturated rings. The van der Waals surface area contributed by atoms with E-state index >= 15 is 0 Å². The lowest BCUT2D eigenvalue weighted by atomic mass is 10.2. The average Bonchev–Trinajstić information content (AvgIpc) is 2.48. The molecule has 0 bridgehead atoms. The number of nitrogens with two attached hydrogens (primary N) is 1. The molecule has 0 spiro atoms. The second kappa shape index (κ2) is 7.63. The Morgan fingerprint density at radius 2 is 1.67 bits per heavy atom. The minimum atomic E-state index is -4.45. The molecular formula is C15H19F3N4O2. The van der Waals surface area contributed by atoms with Crippen LogP contribution in [0.3, 0.4) is 0 Å². The van der Waals surface area contributed by atoms with Gasteiger partial charge in [0.1, 0.15) is 0 Å². The van der Waals surface area contributed by atoms with Crippen molar-refractivity contribution < 1.29 is 22.8 Å². The summed E-state index contributed by atoms with van der Waals surface area (Å²) in [6.07, 6.45) is -4.45. The molecular weight excluding hydrogens is 325 g/mol. The number of anilines is 1. The highest BCUT2D eigenvalue weighted by Crippen LogP contribution is 2.30. The van der Waals surface area contributed by atoms with Gasteiger partial charge in [-0.1, -0.05) is 6.07 Å². The number of carbonyl (C=O) groups is 2. The number of benzene rings is 1. The molecule has 0 radical (unpaired) electrons. The maximum absolute atomic E-state index is 12.6. The zero-order valence-electron chi connectivity index (χ0n) is 13.0. The van der Waals surface area contributed by atoms with Gasteiger partial charge in [0.15, 0.2) is 0 Å². The molecule has 132 valence electrons. The van der Waals surface area contributed by atoms with E-state index in [-0.39, 0.29) is 24.7 Å². The summed E-state index contributed by atoms with van der Waals surface area (Å²) in [7, 11) is 0. The first-order chi connectivity index (χ1) is 11.2. The molecule has 2 rings (SSSR count). The van der Waals surface area contributed by atoms with Gasteiger partial charge in [-0.15, -0.1) is 0 Å². The van der Waals surface area contributed by atoms with Gasteiger partial charge in [0.2, 0.25) is 11.8 Å². The van der Waals surface area contributed by atoms with Gasteiger partial charge in [0.05, 0.1) is 18.7 Å². The van der Waals surface area contributed by atoms with Crippen LogP contribution >= 0.6 is 0 Å². The average molecular weight is 344 g/mol. The minimum absolute atomic E-state index is 0.0840. The standard InChI is InChI=1S/C15H19F3N4O2/c16-15(17,18)11-2-1-3-12(8-11)20-14(24)10-22-6-4-21(5-7-22)9-13(19)23/h1-3,8H,4-7,9-10H2,(H2,19,23)(H,20,24). The fourth-order valence-corrected chi connectivity index (χ4v) is 2.50. The monoisotopic (exact) mass is 344 g/mol. The van der Waals surface area contributed by atoms with Crippen molar-refractivity contribution in [2.45, 2.75) is 6.18 Å². The summed E-state index contributed by atoms with van der Waals surface area (Å²) in [5, 5.41) is 2.48. The van der Waals surface area contributed by atoms with Crippen molar-refractivity contribution in [3.05, 3.63) is 29.8 Å². The molecule has 3 N–H and O–H groups in total. The Labute approximate surface area is 137 Å². The largest absolute Gasteiger partial charge is 0.416 e. The minimum Gasteiger partial charge on any atom is -0.369 e. The van der Waals surface area contributed by atoms with E-state index in [1.807, 2.05) is 9.80 Å². The number of hydrogen-bond acceptors (Lipinski definition) is 4. The predicted octanol–water partition coefficient (Wildman–Crippen LogP) is 0.747. The van der Waals surface area contributed by atoms with Gasteiger partial charge in [0, 0.05) is 31.9 Å². The van der Waals surface area contributed by atoms with Crippen LogP contribution in [0.25, 0.3) is 0 Å². The van der Waals surface area contributed by atoms with Crippen molar-refractivity contribution in [1.29, 1.82) is 0 Å². The van der Waals surface area contributed by atoms with E-state index in [4.69, 9.17) is 5.73 Å². The van der Waals surface area contributed by atoms with Gasteiger partial charge in [-0.05, 0) is 18.2 Å². The Morgan fingerprint density at radius 3 is 2.21 bits per heavy atom. The number of primary amides is 1. The zero-order chi connectivity index (χ0) is 17.7. The van der Waals surface area contributed by atoms with Crippen molar-refractivity contribution in [2.75, 3.05) is 44.6 Å². The van der Waals surface area contributed by atoms with Crippen molar-refractivity contribution in [1.82, 2.24) is 9.80 Å². The maximum Gasteiger partial charge on any atom is 0.416 e. The highest BCUT2D eigenvalue weighted by atomic mass is 19.4. The van der Waals surface area contributed by atoms with Crippen molar-refractivity contribution >= 4 is 17.5 Å². The molecule has 1 saturated heterocycles. The van der Waals surface area contributed by atoms with Gasteiger partial charge in [0.25, 0.3) is 0 Å². The molecule has 1 heterocycles. The topological polar surface area (TPSA) is 78.7 Å². The molecule has 1 aliphatic heterocycles. The molecule has 2 amide bonds. The van der Waals surface area contributed by atoms with Crippen LogP contribution in [0.5, 0.6) is 0 Å². The summed E-state index contributed by atoms with van der Waals surface area (Å²) >= 11 is 0. The summed E-state index contributed by atoms with van der Waals surface area (Å²) in [6, 6.07) is 4.52. The molecule has 0 unspecified atom stereocenters. The maximum atomic E-state index is 12.6. The Kier molecular flexibility index (Phi) is 5.79. The summed E-state index contributed by atoms with van der Waals surface area (Å²) in [5.74, 6) is -0.775. The smallest absolute Gasteiger partial charge is 0.369 e. The summed E-state index contributed by atoms with van der Waals surface area (Å²) in [5.41, 5.74) is 4.44. The summed E-state index contributed by atoms with van der Waals surface area (Å²) < 4.78 is 37.9. The fourth-order valence-electron chi connectivity index (χ4n) is 2.50. The molecule has 1 aromatic carbocycles. The second-order valence-corrected chi connectivity index (χ2v) is 5.65. The molecule has 0 aromatic heterocycles. The first kappa shape index (κ1) is 18.2. The molecule has 0 aliphatic carbocycles. The molecule has 1 aromatic rings. The van der Waals surface area contributed by atoms with Crippen LogP contribution < -0.4 is 11.1 Å². The van der Waals surface area contributed by atoms with Crippen LogP contribution in [0.2, 0.25) is 0 Å². The van der Waals surface area contributed by atoms with Gasteiger partial charge in [-0.2, -0.15) is 13.2 Å². The van der Waals surface area contributed by atoms with Crippen LogP contribution in [0.1, 0.15) is 5.56 Å². The normalized spacial score (nSPS) is 16.8. The van der Waals surface area contributed by atoms with Crippen molar-refractivity contribution in [3.8, 4) is 0 Å². The van der Waals surface area contributed by atoms with Gasteiger partial charge < -0.3 is 11.1 Å². The van der Waals surface area contributed by atoms with E-state index in [1.165, 1.54) is 12.1 Å². The number of amides is 2. The lowest BCUT2D eigenvalue weighted by molar-refractivity contribution is -0.137. The quantitative estimate of drug-likeness (QED) is 0.826. The number of hydrogen-bond donors (Lipinski definition) is 2. The molecule has 9 heteroatoms. The first-order valence-corrected chi connectivity index (χ1v) is 7.44. The van der Waals surface area contributed by atoms with E-state index in [2.05, 4.69) is 5.32 Å². The zero-order valence-corrected chi connectivity index (χ0v) is 13.0. The molecule has 1 aliphatic rings. The van der Waals surface area contributed by atoms with Gasteiger partial charge in [-0.3, -0.25) is 19.4 Å². The third-order valence-electron chi connectivity index (χ3n) is 3.69. The number of halogens is 3.